The minimum atomic E-state index is -4.39. The number of sulfone groups is 1. The van der Waals surface area contributed by atoms with Crippen molar-refractivity contribution in [3.05, 3.63) is 78.7 Å². The first-order chi connectivity index (χ1) is 17.2. The molecule has 1 amide bonds. The van der Waals surface area contributed by atoms with Crippen LogP contribution in [0.15, 0.2) is 77.8 Å². The van der Waals surface area contributed by atoms with E-state index in [-0.39, 0.29) is 11.5 Å². The van der Waals surface area contributed by atoms with E-state index < -0.39 is 31.8 Å². The third kappa shape index (κ3) is 4.92. The summed E-state index contributed by atoms with van der Waals surface area (Å²) in [6, 6.07) is 16.1. The Balaban J connectivity index is 1.60. The van der Waals surface area contributed by atoms with Crippen molar-refractivity contribution in [2.24, 2.45) is 5.73 Å². The molecule has 0 saturated carbocycles. The fourth-order valence-corrected chi connectivity index (χ4v) is 4.58. The number of carbonyl (C=O) groups excluding carboxylic acids is 1. The third-order valence-corrected chi connectivity index (χ3v) is 7.09. The number of carbonyl (C=O) groups is 1. The molecule has 186 valence electrons. The van der Waals surface area contributed by atoms with Crippen LogP contribution in [0, 0.1) is 5.82 Å². The van der Waals surface area contributed by atoms with E-state index in [1.807, 2.05) is 0 Å². The molecule has 4 rings (SSSR count). The molecule has 1 aromatic heterocycles. The number of aromatic nitrogens is 1. The van der Waals surface area contributed by atoms with Crippen LogP contribution < -0.4 is 25.3 Å². The Kier molecular flexibility index (Phi) is 7.04. The van der Waals surface area contributed by atoms with Crippen molar-refractivity contribution < 1.29 is 31.8 Å². The molecule has 0 fully saturated rings. The number of para-hydroxylation sites is 1. The van der Waals surface area contributed by atoms with Gasteiger partial charge in [-0.2, -0.15) is 0 Å². The van der Waals surface area contributed by atoms with E-state index in [4.69, 9.17) is 19.9 Å². The fraction of sp³-hybridized carbons (Fsp3) is 0.120. The number of hydrogen-bond donors (Lipinski definition) is 2. The lowest BCUT2D eigenvalue weighted by Gasteiger charge is -2.15. The van der Waals surface area contributed by atoms with Gasteiger partial charge in [0.1, 0.15) is 5.75 Å². The van der Waals surface area contributed by atoms with Gasteiger partial charge in [0.05, 0.1) is 24.6 Å². The van der Waals surface area contributed by atoms with Crippen molar-refractivity contribution in [3.63, 3.8) is 0 Å². The van der Waals surface area contributed by atoms with Crippen molar-refractivity contribution >= 4 is 32.3 Å². The minimum absolute atomic E-state index is 0.237. The largest absolute Gasteiger partial charge is 0.493 e. The summed E-state index contributed by atoms with van der Waals surface area (Å²) in [5, 5.41) is 0.995. The molecule has 36 heavy (non-hydrogen) atoms. The van der Waals surface area contributed by atoms with E-state index in [1.54, 1.807) is 42.5 Å². The second-order valence-corrected chi connectivity index (χ2v) is 9.62. The van der Waals surface area contributed by atoms with Gasteiger partial charge in [0.2, 0.25) is 9.84 Å². The van der Waals surface area contributed by atoms with Crippen LogP contribution in [0.4, 0.5) is 10.1 Å². The van der Waals surface area contributed by atoms with E-state index in [2.05, 4.69) is 10.3 Å². The quantitative estimate of drug-likeness (QED) is 0.365. The third-order valence-electron chi connectivity index (χ3n) is 5.29. The summed E-state index contributed by atoms with van der Waals surface area (Å²) in [5.74, 6) is -1.00. The first-order valence-electron chi connectivity index (χ1n) is 10.6. The monoisotopic (exact) mass is 511 g/mol. The number of fused-ring (bicyclic) bond motifs is 1. The second kappa shape index (κ2) is 10.2. The Labute approximate surface area is 206 Å². The van der Waals surface area contributed by atoms with Gasteiger partial charge in [-0.15, -0.1) is 0 Å². The average molecular weight is 512 g/mol. The summed E-state index contributed by atoms with van der Waals surface area (Å²) in [6.07, 6.45) is 1.48. The minimum Gasteiger partial charge on any atom is -0.493 e. The Hall–Kier alpha value is -4.22. The molecule has 11 heteroatoms. The van der Waals surface area contributed by atoms with E-state index in [9.17, 15) is 17.6 Å². The van der Waals surface area contributed by atoms with Crippen molar-refractivity contribution in [2.75, 3.05) is 19.5 Å². The van der Waals surface area contributed by atoms with Crippen LogP contribution in [0.3, 0.4) is 0 Å². The first kappa shape index (κ1) is 24.9. The zero-order chi connectivity index (χ0) is 25.9. The zero-order valence-electron chi connectivity index (χ0n) is 19.3. The summed E-state index contributed by atoms with van der Waals surface area (Å²) >= 11 is 0. The Morgan fingerprint density at radius 1 is 0.944 bits per heavy atom. The van der Waals surface area contributed by atoms with Gasteiger partial charge in [-0.3, -0.25) is 9.78 Å². The van der Waals surface area contributed by atoms with E-state index in [0.717, 1.165) is 18.2 Å². The van der Waals surface area contributed by atoms with Crippen LogP contribution in [0.2, 0.25) is 0 Å². The molecule has 0 saturated heterocycles. The number of pyridine rings is 1. The van der Waals surface area contributed by atoms with Gasteiger partial charge in [-0.05, 0) is 42.5 Å². The molecule has 0 aliphatic carbocycles. The van der Waals surface area contributed by atoms with Crippen molar-refractivity contribution in [1.29, 1.82) is 0 Å². The molecule has 1 unspecified atom stereocenters. The highest BCUT2D eigenvalue weighted by molar-refractivity contribution is 7.92. The van der Waals surface area contributed by atoms with Gasteiger partial charge in [-0.1, -0.05) is 18.2 Å². The molecule has 1 heterocycles. The Morgan fingerprint density at radius 2 is 1.64 bits per heavy atom. The first-order valence-corrected chi connectivity index (χ1v) is 12.1. The maximum absolute atomic E-state index is 15.0. The molecule has 1 atom stereocenters. The average Bonchev–Trinajstić information content (AvgIpc) is 2.89. The van der Waals surface area contributed by atoms with Crippen molar-refractivity contribution in [1.82, 2.24) is 4.98 Å². The highest BCUT2D eigenvalue weighted by Crippen LogP contribution is 2.37. The summed E-state index contributed by atoms with van der Waals surface area (Å²) in [7, 11) is -1.42. The molecular formula is C25H22FN3O6S. The Bertz CT molecular complexity index is 1530. The summed E-state index contributed by atoms with van der Waals surface area (Å²) in [5.41, 5.74) is 6.61. The molecule has 0 aliphatic rings. The van der Waals surface area contributed by atoms with Crippen LogP contribution in [0.1, 0.15) is 0 Å². The number of nitrogens with zero attached hydrogens (tertiary/aromatic N) is 1. The van der Waals surface area contributed by atoms with Crippen LogP contribution in [0.5, 0.6) is 23.0 Å². The summed E-state index contributed by atoms with van der Waals surface area (Å²) in [4.78, 5) is 16.2. The van der Waals surface area contributed by atoms with Gasteiger partial charge in [0, 0.05) is 23.3 Å². The maximum Gasteiger partial charge on any atom is 0.257 e. The number of benzene rings is 3. The molecule has 0 radical (unpaired) electrons. The number of amides is 1. The zero-order valence-corrected chi connectivity index (χ0v) is 20.1. The van der Waals surface area contributed by atoms with Crippen LogP contribution in [-0.4, -0.2) is 38.9 Å². The molecule has 0 aliphatic heterocycles. The van der Waals surface area contributed by atoms with E-state index in [1.165, 1.54) is 26.5 Å². The predicted octanol–water partition coefficient (Wildman–Crippen LogP) is 3.88. The number of halogens is 1. The van der Waals surface area contributed by atoms with Gasteiger partial charge in [0.15, 0.2) is 28.4 Å². The van der Waals surface area contributed by atoms with Crippen LogP contribution in [0.25, 0.3) is 10.9 Å². The highest BCUT2D eigenvalue weighted by atomic mass is 32.2. The number of rotatable bonds is 8. The van der Waals surface area contributed by atoms with E-state index >= 15 is 0 Å². The summed E-state index contributed by atoms with van der Waals surface area (Å²) in [6.45, 7) is 0. The molecule has 3 N–H and O–H groups in total. The lowest BCUT2D eigenvalue weighted by atomic mass is 10.2. The number of nitrogens with one attached hydrogen (secondary N) is 1. The molecule has 4 aromatic rings. The lowest BCUT2D eigenvalue weighted by Crippen LogP contribution is -2.42. The number of hydrogen-bond acceptors (Lipinski definition) is 8. The maximum atomic E-state index is 15.0. The molecule has 9 nitrogen and oxygen atoms in total. The highest BCUT2D eigenvalue weighted by Gasteiger charge is 2.31. The second-order valence-electron chi connectivity index (χ2n) is 7.55. The smallest absolute Gasteiger partial charge is 0.257 e. The number of methoxy groups -OCH3 is 2. The number of ether oxygens (including phenoxy) is 3. The summed E-state index contributed by atoms with van der Waals surface area (Å²) < 4.78 is 57.0. The van der Waals surface area contributed by atoms with Gasteiger partial charge < -0.3 is 25.3 Å². The van der Waals surface area contributed by atoms with Crippen molar-refractivity contribution in [3.8, 4) is 23.0 Å². The topological polar surface area (TPSA) is 130 Å². The SMILES string of the molecule is COc1cc2nccc(Oc3ccc(S(=O)(=O)C(N)C(=O)Nc4ccccc4)cc3F)c2cc1OC. The normalized spacial score (nSPS) is 12.1. The predicted molar refractivity (Wildman–Crippen MR) is 132 cm³/mol. The van der Waals surface area contributed by atoms with Gasteiger partial charge in [-0.25, -0.2) is 12.8 Å². The van der Waals surface area contributed by atoms with E-state index in [0.29, 0.717) is 28.1 Å². The standard InChI is InChI=1S/C25H22FN3O6S/c1-33-22-13-17-19(14-23(22)34-2)28-11-10-20(17)35-21-9-8-16(12-18(21)26)36(31,32)24(27)25(30)29-15-6-4-3-5-7-15/h3-14,24H,27H2,1-2H3,(H,29,30). The van der Waals surface area contributed by atoms with Crippen molar-refractivity contribution in [2.45, 2.75) is 10.3 Å². The molecule has 3 aromatic carbocycles. The van der Waals surface area contributed by atoms with Crippen LogP contribution >= 0.6 is 0 Å². The molecule has 0 spiro atoms. The molecule has 0 bridgehead atoms. The fourth-order valence-electron chi connectivity index (χ4n) is 3.42. The molecular weight excluding hydrogens is 489 g/mol. The lowest BCUT2D eigenvalue weighted by molar-refractivity contribution is -0.115. The van der Waals surface area contributed by atoms with Crippen LogP contribution in [-0.2, 0) is 14.6 Å². The van der Waals surface area contributed by atoms with Gasteiger partial charge >= 0.3 is 0 Å². The van der Waals surface area contributed by atoms with Gasteiger partial charge in [0.25, 0.3) is 5.91 Å². The number of nitrogens with two attached hydrogens (primary N) is 1. The Morgan fingerprint density at radius 3 is 2.31 bits per heavy atom. The number of anilines is 1.